The summed E-state index contributed by atoms with van der Waals surface area (Å²) in [5, 5.41) is 3.14. The van der Waals surface area contributed by atoms with Gasteiger partial charge in [-0.05, 0) is 18.9 Å². The number of aldehydes is 1. The van der Waals surface area contributed by atoms with Gasteiger partial charge in [-0.25, -0.2) is 0 Å². The molecular weight excluding hydrogens is 230 g/mol. The molecule has 100 valence electrons. The van der Waals surface area contributed by atoms with Crippen LogP contribution in [0.1, 0.15) is 12.5 Å². The predicted octanol–water partition coefficient (Wildman–Crippen LogP) is 1.39. The van der Waals surface area contributed by atoms with Gasteiger partial charge in [-0.3, -0.25) is 5.32 Å². The first-order valence-corrected chi connectivity index (χ1v) is 6.02. The number of carbonyl (C=O) groups excluding carboxylic acids is 1. The van der Waals surface area contributed by atoms with Crippen LogP contribution in [0.25, 0.3) is 0 Å². The van der Waals surface area contributed by atoms with Gasteiger partial charge in [0, 0.05) is 14.2 Å². The van der Waals surface area contributed by atoms with E-state index < -0.39 is 0 Å². The summed E-state index contributed by atoms with van der Waals surface area (Å²) < 4.78 is 10.5. The lowest BCUT2D eigenvalue weighted by atomic mass is 10.1. The van der Waals surface area contributed by atoms with E-state index in [0.717, 1.165) is 11.8 Å². The molecule has 18 heavy (non-hydrogen) atoms. The molecule has 4 heteroatoms. The van der Waals surface area contributed by atoms with Crippen molar-refractivity contribution in [1.29, 1.82) is 0 Å². The third-order valence-electron chi connectivity index (χ3n) is 2.89. The van der Waals surface area contributed by atoms with Gasteiger partial charge in [0.1, 0.15) is 12.5 Å². The summed E-state index contributed by atoms with van der Waals surface area (Å²) >= 11 is 0. The highest BCUT2D eigenvalue weighted by Gasteiger charge is 2.20. The van der Waals surface area contributed by atoms with E-state index in [1.807, 2.05) is 37.3 Å². The molecule has 2 unspecified atom stereocenters. The van der Waals surface area contributed by atoms with Crippen molar-refractivity contribution in [2.75, 3.05) is 14.2 Å². The van der Waals surface area contributed by atoms with Crippen LogP contribution in [0, 0.1) is 0 Å². The van der Waals surface area contributed by atoms with E-state index in [0.29, 0.717) is 6.42 Å². The molecule has 0 aliphatic rings. The Morgan fingerprint density at radius 1 is 1.22 bits per heavy atom. The number of methoxy groups -OCH3 is 2. The molecule has 1 N–H and O–H groups in total. The molecule has 0 heterocycles. The number of rotatable bonds is 8. The van der Waals surface area contributed by atoms with Gasteiger partial charge in [-0.2, -0.15) is 0 Å². The zero-order valence-electron chi connectivity index (χ0n) is 11.1. The van der Waals surface area contributed by atoms with E-state index in [1.165, 1.54) is 0 Å². The number of hydrogen-bond donors (Lipinski definition) is 1. The van der Waals surface area contributed by atoms with Crippen molar-refractivity contribution in [3.63, 3.8) is 0 Å². The van der Waals surface area contributed by atoms with Crippen molar-refractivity contribution < 1.29 is 14.3 Å². The second-order valence-electron chi connectivity index (χ2n) is 4.20. The Labute approximate surface area is 108 Å². The van der Waals surface area contributed by atoms with Gasteiger partial charge < -0.3 is 14.3 Å². The minimum atomic E-state index is -0.297. The Bertz CT molecular complexity index is 342. The van der Waals surface area contributed by atoms with Crippen molar-refractivity contribution in [3.05, 3.63) is 35.9 Å². The summed E-state index contributed by atoms with van der Waals surface area (Å²) in [5.41, 5.74) is 1.11. The van der Waals surface area contributed by atoms with Gasteiger partial charge in [-0.1, -0.05) is 30.3 Å². The lowest BCUT2D eigenvalue weighted by Crippen LogP contribution is -2.47. The highest BCUT2D eigenvalue weighted by atomic mass is 16.5. The molecule has 0 aliphatic heterocycles. The normalized spacial score (nSPS) is 15.9. The van der Waals surface area contributed by atoms with Gasteiger partial charge in [0.15, 0.2) is 0 Å². The van der Waals surface area contributed by atoms with Crippen LogP contribution in [0.4, 0.5) is 0 Å². The lowest BCUT2D eigenvalue weighted by Gasteiger charge is -2.25. The largest absolute Gasteiger partial charge is 0.378 e. The third kappa shape index (κ3) is 4.56. The van der Waals surface area contributed by atoms with Gasteiger partial charge >= 0.3 is 0 Å². The zero-order chi connectivity index (χ0) is 13.4. The molecule has 0 saturated carbocycles. The maximum Gasteiger partial charge on any atom is 0.137 e. The number of hydrogen-bond acceptors (Lipinski definition) is 4. The quantitative estimate of drug-likeness (QED) is 0.560. The SMILES string of the molecule is COC(C)C(N[C@H](C=O)Cc1ccccc1)OC. The van der Waals surface area contributed by atoms with Crippen LogP contribution in [0.3, 0.4) is 0 Å². The molecule has 1 aromatic rings. The van der Waals surface area contributed by atoms with Crippen molar-refractivity contribution in [1.82, 2.24) is 5.32 Å². The zero-order valence-corrected chi connectivity index (χ0v) is 11.1. The maximum absolute atomic E-state index is 11.1. The van der Waals surface area contributed by atoms with Gasteiger partial charge in [0.25, 0.3) is 0 Å². The van der Waals surface area contributed by atoms with Gasteiger partial charge in [-0.15, -0.1) is 0 Å². The Balaban J connectivity index is 2.58. The van der Waals surface area contributed by atoms with Crippen molar-refractivity contribution in [3.8, 4) is 0 Å². The van der Waals surface area contributed by atoms with Crippen molar-refractivity contribution in [2.45, 2.75) is 31.7 Å². The second-order valence-corrected chi connectivity index (χ2v) is 4.20. The Hall–Kier alpha value is -1.23. The molecule has 1 rings (SSSR count). The third-order valence-corrected chi connectivity index (χ3v) is 2.89. The summed E-state index contributed by atoms with van der Waals surface area (Å²) in [4.78, 5) is 11.1. The van der Waals surface area contributed by atoms with Crippen LogP contribution in [-0.4, -0.2) is 38.9 Å². The molecule has 0 bridgehead atoms. The maximum atomic E-state index is 11.1. The molecular formula is C14H21NO3. The van der Waals surface area contributed by atoms with E-state index in [9.17, 15) is 4.79 Å². The highest BCUT2D eigenvalue weighted by molar-refractivity contribution is 5.58. The van der Waals surface area contributed by atoms with E-state index >= 15 is 0 Å². The number of nitrogens with one attached hydrogen (secondary N) is 1. The summed E-state index contributed by atoms with van der Waals surface area (Å²) in [6.45, 7) is 1.89. The van der Waals surface area contributed by atoms with Crippen LogP contribution in [-0.2, 0) is 20.7 Å². The fraction of sp³-hybridized carbons (Fsp3) is 0.500. The van der Waals surface area contributed by atoms with Crippen LogP contribution < -0.4 is 5.32 Å². The monoisotopic (exact) mass is 251 g/mol. The Kier molecular flexibility index (Phi) is 6.57. The van der Waals surface area contributed by atoms with E-state index in [1.54, 1.807) is 14.2 Å². The average molecular weight is 251 g/mol. The Morgan fingerprint density at radius 2 is 1.89 bits per heavy atom. The first-order chi connectivity index (χ1) is 8.71. The number of carbonyl (C=O) groups is 1. The predicted molar refractivity (Wildman–Crippen MR) is 70.4 cm³/mol. The fourth-order valence-electron chi connectivity index (χ4n) is 1.74. The van der Waals surface area contributed by atoms with E-state index in [2.05, 4.69) is 5.32 Å². The van der Waals surface area contributed by atoms with Crippen LogP contribution >= 0.6 is 0 Å². The summed E-state index contributed by atoms with van der Waals surface area (Å²) in [6, 6.07) is 9.60. The van der Waals surface area contributed by atoms with Crippen LogP contribution in [0.5, 0.6) is 0 Å². The minimum Gasteiger partial charge on any atom is -0.378 e. The summed E-state index contributed by atoms with van der Waals surface area (Å²) in [6.07, 6.45) is 1.13. The molecule has 0 aromatic heterocycles. The Morgan fingerprint density at radius 3 is 2.39 bits per heavy atom. The van der Waals surface area contributed by atoms with Gasteiger partial charge in [0.05, 0.1) is 12.1 Å². The average Bonchev–Trinajstić information content (AvgIpc) is 2.43. The number of ether oxygens (including phenoxy) is 2. The molecule has 1 aromatic carbocycles. The molecule has 0 radical (unpaired) electrons. The first kappa shape index (κ1) is 14.8. The first-order valence-electron chi connectivity index (χ1n) is 6.02. The summed E-state index contributed by atoms with van der Waals surface area (Å²) in [7, 11) is 3.21. The van der Waals surface area contributed by atoms with Gasteiger partial charge in [0.2, 0.25) is 0 Å². The fourth-order valence-corrected chi connectivity index (χ4v) is 1.74. The second kappa shape index (κ2) is 7.97. The minimum absolute atomic E-state index is 0.117. The molecule has 3 atom stereocenters. The highest BCUT2D eigenvalue weighted by Crippen LogP contribution is 2.05. The van der Waals surface area contributed by atoms with E-state index in [-0.39, 0.29) is 18.4 Å². The molecule has 0 saturated heterocycles. The standard InChI is InChI=1S/C14H21NO3/c1-11(17-2)14(18-3)15-13(10-16)9-12-7-5-4-6-8-12/h4-8,10-11,13-15H,9H2,1-3H3/t11?,13-,14?/m0/s1. The molecule has 0 fully saturated rings. The topological polar surface area (TPSA) is 47.6 Å². The molecule has 0 aliphatic carbocycles. The smallest absolute Gasteiger partial charge is 0.137 e. The van der Waals surface area contributed by atoms with Crippen molar-refractivity contribution >= 4 is 6.29 Å². The number of benzene rings is 1. The lowest BCUT2D eigenvalue weighted by molar-refractivity contribution is -0.112. The molecule has 0 spiro atoms. The van der Waals surface area contributed by atoms with Crippen molar-refractivity contribution in [2.24, 2.45) is 0 Å². The van der Waals surface area contributed by atoms with Crippen LogP contribution in [0.2, 0.25) is 0 Å². The van der Waals surface area contributed by atoms with Crippen LogP contribution in [0.15, 0.2) is 30.3 Å². The summed E-state index contributed by atoms with van der Waals surface area (Å²) in [5.74, 6) is 0. The molecule has 0 amide bonds. The van der Waals surface area contributed by atoms with E-state index in [4.69, 9.17) is 9.47 Å². The molecule has 4 nitrogen and oxygen atoms in total.